The molecule has 2 aromatic rings. The highest BCUT2D eigenvalue weighted by atomic mass is 32.2. The second-order valence-electron chi connectivity index (χ2n) is 4.09. The summed E-state index contributed by atoms with van der Waals surface area (Å²) in [5.74, 6) is 0.314. The summed E-state index contributed by atoms with van der Waals surface area (Å²) < 4.78 is 0. The molecule has 0 aliphatic carbocycles. The first-order chi connectivity index (χ1) is 9.15. The van der Waals surface area contributed by atoms with Gasteiger partial charge in [-0.15, -0.1) is 11.8 Å². The normalized spacial score (nSPS) is 10.2. The minimum atomic E-state index is -0.0458. The maximum atomic E-state index is 11.9. The van der Waals surface area contributed by atoms with Crippen molar-refractivity contribution in [2.24, 2.45) is 0 Å². The van der Waals surface area contributed by atoms with Crippen molar-refractivity contribution in [1.29, 1.82) is 0 Å². The van der Waals surface area contributed by atoms with Crippen molar-refractivity contribution in [2.75, 3.05) is 16.8 Å². The number of rotatable bonds is 4. The highest BCUT2D eigenvalue weighted by molar-refractivity contribution is 8.00. The molecular formula is C14H15N3OS. The number of carbonyl (C=O) groups excluding carboxylic acids is 1. The van der Waals surface area contributed by atoms with Crippen LogP contribution in [0.4, 0.5) is 11.4 Å². The van der Waals surface area contributed by atoms with Crippen LogP contribution in [0.15, 0.2) is 47.6 Å². The summed E-state index contributed by atoms with van der Waals surface area (Å²) in [6, 6.07) is 9.23. The van der Waals surface area contributed by atoms with E-state index in [1.54, 1.807) is 18.5 Å². The maximum absolute atomic E-state index is 11.9. The van der Waals surface area contributed by atoms with Crippen LogP contribution in [0.25, 0.3) is 0 Å². The molecular weight excluding hydrogens is 258 g/mol. The van der Waals surface area contributed by atoms with Crippen molar-refractivity contribution in [1.82, 2.24) is 4.98 Å². The molecule has 0 atom stereocenters. The van der Waals surface area contributed by atoms with Crippen molar-refractivity contribution in [3.8, 4) is 0 Å². The Hall–Kier alpha value is -2.01. The van der Waals surface area contributed by atoms with E-state index < -0.39 is 0 Å². The Labute approximate surface area is 116 Å². The van der Waals surface area contributed by atoms with Gasteiger partial charge in [0.25, 0.3) is 0 Å². The van der Waals surface area contributed by atoms with Crippen LogP contribution in [0.1, 0.15) is 5.56 Å². The minimum Gasteiger partial charge on any atom is -0.399 e. The maximum Gasteiger partial charge on any atom is 0.234 e. The number of pyridine rings is 1. The van der Waals surface area contributed by atoms with Crippen LogP contribution >= 0.6 is 11.8 Å². The van der Waals surface area contributed by atoms with Gasteiger partial charge in [0, 0.05) is 28.7 Å². The van der Waals surface area contributed by atoms with Crippen molar-refractivity contribution >= 4 is 29.0 Å². The van der Waals surface area contributed by atoms with Gasteiger partial charge >= 0.3 is 0 Å². The Bertz CT molecular complexity index is 572. The molecule has 0 saturated carbocycles. The van der Waals surface area contributed by atoms with E-state index in [9.17, 15) is 4.79 Å². The lowest BCUT2D eigenvalue weighted by Gasteiger charge is -2.09. The smallest absolute Gasteiger partial charge is 0.234 e. The summed E-state index contributed by atoms with van der Waals surface area (Å²) in [4.78, 5) is 16.8. The standard InChI is InChI=1S/C14H15N3OS/c1-10-2-3-11(15)8-13(10)17-14(18)9-19-12-4-6-16-7-5-12/h2-8H,9,15H2,1H3,(H,17,18). The number of nitrogens with two attached hydrogens (primary N) is 1. The van der Waals surface area contributed by atoms with E-state index in [2.05, 4.69) is 10.3 Å². The summed E-state index contributed by atoms with van der Waals surface area (Å²) in [6.45, 7) is 1.94. The molecule has 2 rings (SSSR count). The van der Waals surface area contributed by atoms with Gasteiger partial charge in [0.15, 0.2) is 0 Å². The van der Waals surface area contributed by atoms with Gasteiger partial charge in [-0.1, -0.05) is 6.07 Å². The summed E-state index contributed by atoms with van der Waals surface area (Å²) in [5.41, 5.74) is 8.11. The Kier molecular flexibility index (Phi) is 4.41. The zero-order valence-electron chi connectivity index (χ0n) is 10.6. The fourth-order valence-corrected chi connectivity index (χ4v) is 2.23. The molecule has 19 heavy (non-hydrogen) atoms. The fraction of sp³-hybridized carbons (Fsp3) is 0.143. The van der Waals surface area contributed by atoms with Gasteiger partial charge in [-0.05, 0) is 36.8 Å². The largest absolute Gasteiger partial charge is 0.399 e. The first-order valence-electron chi connectivity index (χ1n) is 5.84. The number of carbonyl (C=O) groups is 1. The fourth-order valence-electron chi connectivity index (χ4n) is 1.54. The second-order valence-corrected chi connectivity index (χ2v) is 5.14. The van der Waals surface area contributed by atoms with Crippen LogP contribution in [-0.4, -0.2) is 16.6 Å². The number of aryl methyl sites for hydroxylation is 1. The topological polar surface area (TPSA) is 68.0 Å². The molecule has 1 heterocycles. The van der Waals surface area contributed by atoms with Gasteiger partial charge in [0.2, 0.25) is 5.91 Å². The van der Waals surface area contributed by atoms with Gasteiger partial charge in [-0.25, -0.2) is 0 Å². The highest BCUT2D eigenvalue weighted by Gasteiger charge is 2.06. The molecule has 1 amide bonds. The van der Waals surface area contributed by atoms with Crippen LogP contribution < -0.4 is 11.1 Å². The van der Waals surface area contributed by atoms with Crippen molar-refractivity contribution in [3.63, 3.8) is 0 Å². The van der Waals surface area contributed by atoms with Crippen molar-refractivity contribution in [2.45, 2.75) is 11.8 Å². The van der Waals surface area contributed by atoms with Crippen LogP contribution in [0.2, 0.25) is 0 Å². The van der Waals surface area contributed by atoms with Gasteiger partial charge in [0.05, 0.1) is 5.75 Å². The molecule has 0 fully saturated rings. The molecule has 1 aromatic heterocycles. The van der Waals surface area contributed by atoms with Crippen LogP contribution in [0.5, 0.6) is 0 Å². The van der Waals surface area contributed by atoms with E-state index in [1.165, 1.54) is 11.8 Å². The van der Waals surface area contributed by atoms with Gasteiger partial charge in [-0.2, -0.15) is 0 Å². The first-order valence-corrected chi connectivity index (χ1v) is 6.82. The number of anilines is 2. The van der Waals surface area contributed by atoms with Crippen molar-refractivity contribution in [3.05, 3.63) is 48.3 Å². The average molecular weight is 273 g/mol. The number of hydrogen-bond donors (Lipinski definition) is 2. The number of nitrogens with zero attached hydrogens (tertiary/aromatic N) is 1. The zero-order chi connectivity index (χ0) is 13.7. The highest BCUT2D eigenvalue weighted by Crippen LogP contribution is 2.20. The van der Waals surface area contributed by atoms with Gasteiger partial charge < -0.3 is 11.1 Å². The van der Waals surface area contributed by atoms with E-state index in [1.807, 2.05) is 31.2 Å². The summed E-state index contributed by atoms with van der Waals surface area (Å²) in [5, 5.41) is 2.87. The number of amides is 1. The number of aromatic nitrogens is 1. The van der Waals surface area contributed by atoms with E-state index in [4.69, 9.17) is 5.73 Å². The molecule has 0 aliphatic heterocycles. The van der Waals surface area contributed by atoms with Crippen molar-refractivity contribution < 1.29 is 4.79 Å². The third kappa shape index (κ3) is 3.99. The molecule has 0 saturated heterocycles. The lowest BCUT2D eigenvalue weighted by atomic mass is 10.2. The molecule has 0 radical (unpaired) electrons. The molecule has 0 spiro atoms. The Balaban J connectivity index is 1.93. The Morgan fingerprint density at radius 1 is 1.32 bits per heavy atom. The second kappa shape index (κ2) is 6.24. The monoisotopic (exact) mass is 273 g/mol. The number of benzene rings is 1. The van der Waals surface area contributed by atoms with E-state index >= 15 is 0 Å². The van der Waals surface area contributed by atoms with E-state index in [-0.39, 0.29) is 5.91 Å². The SMILES string of the molecule is Cc1ccc(N)cc1NC(=O)CSc1ccncc1. The molecule has 3 N–H and O–H groups in total. The lowest BCUT2D eigenvalue weighted by Crippen LogP contribution is -2.15. The number of thioether (sulfide) groups is 1. The molecule has 98 valence electrons. The minimum absolute atomic E-state index is 0.0458. The Morgan fingerprint density at radius 2 is 2.05 bits per heavy atom. The molecule has 0 aliphatic rings. The first kappa shape index (κ1) is 13.4. The third-order valence-electron chi connectivity index (χ3n) is 2.56. The number of hydrogen-bond acceptors (Lipinski definition) is 4. The Morgan fingerprint density at radius 3 is 2.79 bits per heavy atom. The molecule has 0 bridgehead atoms. The average Bonchev–Trinajstić information content (AvgIpc) is 2.42. The molecule has 4 nitrogen and oxygen atoms in total. The number of nitrogens with one attached hydrogen (secondary N) is 1. The quantitative estimate of drug-likeness (QED) is 0.664. The third-order valence-corrected chi connectivity index (χ3v) is 3.57. The van der Waals surface area contributed by atoms with Gasteiger partial charge in [0.1, 0.15) is 0 Å². The van der Waals surface area contributed by atoms with Gasteiger partial charge in [-0.3, -0.25) is 9.78 Å². The molecule has 5 heteroatoms. The van der Waals surface area contributed by atoms with E-state index in [0.717, 1.165) is 16.1 Å². The predicted octanol–water partition coefficient (Wildman–Crippen LogP) is 2.70. The summed E-state index contributed by atoms with van der Waals surface area (Å²) in [6.07, 6.45) is 3.42. The number of nitrogen functional groups attached to an aromatic ring is 1. The molecule has 0 unspecified atom stereocenters. The van der Waals surface area contributed by atoms with E-state index in [0.29, 0.717) is 11.4 Å². The molecule has 1 aromatic carbocycles. The predicted molar refractivity (Wildman–Crippen MR) is 79.2 cm³/mol. The zero-order valence-corrected chi connectivity index (χ0v) is 11.4. The van der Waals surface area contributed by atoms with Crippen LogP contribution in [-0.2, 0) is 4.79 Å². The lowest BCUT2D eigenvalue weighted by molar-refractivity contribution is -0.113. The summed E-state index contributed by atoms with van der Waals surface area (Å²) >= 11 is 1.47. The summed E-state index contributed by atoms with van der Waals surface area (Å²) in [7, 11) is 0. The van der Waals surface area contributed by atoms with Crippen LogP contribution in [0.3, 0.4) is 0 Å². The van der Waals surface area contributed by atoms with Crippen LogP contribution in [0, 0.1) is 6.92 Å².